The lowest BCUT2D eigenvalue weighted by molar-refractivity contribution is -0.140. The minimum absolute atomic E-state index is 0.306. The van der Waals surface area contributed by atoms with Crippen molar-refractivity contribution in [1.82, 2.24) is 10.2 Å². The molecule has 0 heterocycles. The fourth-order valence-corrected chi connectivity index (χ4v) is 5.01. The number of carbonyl (C=O) groups is 3. The van der Waals surface area contributed by atoms with E-state index in [2.05, 4.69) is 17.6 Å². The summed E-state index contributed by atoms with van der Waals surface area (Å²) in [5, 5.41) is 7.84. The molecular formula is C35H47N3O4. The normalized spacial score (nSPS) is 12.8. The number of hydrogen-bond acceptors (Lipinski definition) is 4. The first kappa shape index (κ1) is 32.6. The number of alkyl carbamates (subject to hydrolysis) is 1. The summed E-state index contributed by atoms with van der Waals surface area (Å²) < 4.78 is 5.40. The number of ether oxygens (including phenoxy) is 1. The van der Waals surface area contributed by atoms with Gasteiger partial charge in [0.1, 0.15) is 17.7 Å². The first-order chi connectivity index (χ1) is 20.0. The summed E-state index contributed by atoms with van der Waals surface area (Å²) in [6.45, 7) is 11.5. The maximum atomic E-state index is 14.1. The second-order valence-corrected chi connectivity index (χ2v) is 12.0. The zero-order valence-corrected chi connectivity index (χ0v) is 26.0. The molecule has 3 rings (SSSR count). The van der Waals surface area contributed by atoms with Crippen molar-refractivity contribution in [3.05, 3.63) is 77.9 Å². The SMILES string of the molecule is CCCCCCCCN(C(=O)C(C)NC(=O)OC(C)(C)C)C(C(=O)Nc1ccc2ccccc2c1)c1cccc(C)c1. The average molecular weight is 574 g/mol. The Balaban J connectivity index is 1.93. The van der Waals surface area contributed by atoms with Gasteiger partial charge in [0.25, 0.3) is 5.91 Å². The van der Waals surface area contributed by atoms with Crippen LogP contribution in [-0.4, -0.2) is 41.0 Å². The summed E-state index contributed by atoms with van der Waals surface area (Å²) in [4.78, 5) is 42.3. The second-order valence-electron chi connectivity index (χ2n) is 12.0. The molecular weight excluding hydrogens is 526 g/mol. The largest absolute Gasteiger partial charge is 0.444 e. The van der Waals surface area contributed by atoms with Crippen molar-refractivity contribution < 1.29 is 19.1 Å². The number of fused-ring (bicyclic) bond motifs is 1. The van der Waals surface area contributed by atoms with E-state index < -0.39 is 23.8 Å². The average Bonchev–Trinajstić information content (AvgIpc) is 2.92. The number of anilines is 1. The van der Waals surface area contributed by atoms with Crippen molar-refractivity contribution in [3.8, 4) is 0 Å². The lowest BCUT2D eigenvalue weighted by Gasteiger charge is -2.34. The minimum atomic E-state index is -0.888. The summed E-state index contributed by atoms with van der Waals surface area (Å²) in [5.41, 5.74) is 1.66. The van der Waals surface area contributed by atoms with E-state index in [0.717, 1.165) is 54.0 Å². The number of amides is 3. The summed E-state index contributed by atoms with van der Waals surface area (Å²) in [6, 6.07) is 19.7. The van der Waals surface area contributed by atoms with E-state index in [1.807, 2.05) is 73.7 Å². The van der Waals surface area contributed by atoms with Crippen LogP contribution in [0.4, 0.5) is 10.5 Å². The topological polar surface area (TPSA) is 87.7 Å². The quantitative estimate of drug-likeness (QED) is 0.203. The Morgan fingerprint density at radius 2 is 1.55 bits per heavy atom. The summed E-state index contributed by atoms with van der Waals surface area (Å²) in [7, 11) is 0. The van der Waals surface area contributed by atoms with Gasteiger partial charge in [0.05, 0.1) is 0 Å². The van der Waals surface area contributed by atoms with Crippen LogP contribution in [0.2, 0.25) is 0 Å². The lowest BCUT2D eigenvalue weighted by atomic mass is 10.00. The Hall–Kier alpha value is -3.87. The zero-order chi connectivity index (χ0) is 30.7. The number of benzene rings is 3. The third kappa shape index (κ3) is 9.89. The number of carbonyl (C=O) groups excluding carboxylic acids is 3. The lowest BCUT2D eigenvalue weighted by Crippen LogP contribution is -2.51. The van der Waals surface area contributed by atoms with Crippen LogP contribution in [0.25, 0.3) is 10.8 Å². The van der Waals surface area contributed by atoms with Crippen LogP contribution in [0.5, 0.6) is 0 Å². The van der Waals surface area contributed by atoms with Crippen LogP contribution in [-0.2, 0) is 14.3 Å². The number of nitrogens with zero attached hydrogens (tertiary/aromatic N) is 1. The molecule has 0 aliphatic rings. The van der Waals surface area contributed by atoms with Gasteiger partial charge in [-0.25, -0.2) is 4.79 Å². The highest BCUT2D eigenvalue weighted by Crippen LogP contribution is 2.27. The Kier molecular flexibility index (Phi) is 12.0. The van der Waals surface area contributed by atoms with Crippen LogP contribution in [0.1, 0.15) is 90.3 Å². The molecule has 2 N–H and O–H groups in total. The molecule has 7 heteroatoms. The molecule has 0 spiro atoms. The molecule has 0 aliphatic carbocycles. The zero-order valence-electron chi connectivity index (χ0n) is 26.0. The second kappa shape index (κ2) is 15.4. The Labute approximate surface area is 251 Å². The first-order valence-corrected chi connectivity index (χ1v) is 15.1. The highest BCUT2D eigenvalue weighted by atomic mass is 16.6. The molecule has 42 heavy (non-hydrogen) atoms. The molecule has 0 bridgehead atoms. The van der Waals surface area contributed by atoms with Gasteiger partial charge in [-0.2, -0.15) is 0 Å². The standard InChI is InChI=1S/C35H47N3O4/c1-7-8-9-10-11-14-22-38(33(40)26(3)36-34(41)42-35(4,5)6)31(29-19-15-16-25(2)23-29)32(39)37-30-21-20-27-17-12-13-18-28(27)24-30/h12-13,15-21,23-24,26,31H,7-11,14,22H2,1-6H3,(H,36,41)(H,37,39). The highest BCUT2D eigenvalue weighted by Gasteiger charge is 2.34. The van der Waals surface area contributed by atoms with E-state index in [1.165, 1.54) is 6.42 Å². The number of hydrogen-bond donors (Lipinski definition) is 2. The third-order valence-corrected chi connectivity index (χ3v) is 7.07. The number of unbranched alkanes of at least 4 members (excludes halogenated alkanes) is 5. The molecule has 2 atom stereocenters. The maximum Gasteiger partial charge on any atom is 0.408 e. The number of nitrogens with one attached hydrogen (secondary N) is 2. The molecule has 226 valence electrons. The summed E-state index contributed by atoms with van der Waals surface area (Å²) >= 11 is 0. The number of rotatable bonds is 13. The van der Waals surface area contributed by atoms with E-state index in [0.29, 0.717) is 12.2 Å². The van der Waals surface area contributed by atoms with Crippen molar-refractivity contribution in [2.45, 2.75) is 97.8 Å². The van der Waals surface area contributed by atoms with Crippen molar-refractivity contribution >= 4 is 34.4 Å². The van der Waals surface area contributed by atoms with Crippen molar-refractivity contribution in [3.63, 3.8) is 0 Å². The smallest absolute Gasteiger partial charge is 0.408 e. The Bertz CT molecular complexity index is 1350. The van der Waals surface area contributed by atoms with E-state index in [-0.39, 0.29) is 11.8 Å². The predicted octanol–water partition coefficient (Wildman–Crippen LogP) is 7.93. The van der Waals surface area contributed by atoms with E-state index in [4.69, 9.17) is 4.74 Å². The van der Waals surface area contributed by atoms with Gasteiger partial charge < -0.3 is 20.3 Å². The van der Waals surface area contributed by atoms with Crippen LogP contribution in [0.15, 0.2) is 66.7 Å². The monoisotopic (exact) mass is 573 g/mol. The van der Waals surface area contributed by atoms with Crippen molar-refractivity contribution in [2.24, 2.45) is 0 Å². The predicted molar refractivity (Wildman–Crippen MR) is 170 cm³/mol. The van der Waals surface area contributed by atoms with Crippen molar-refractivity contribution in [2.75, 3.05) is 11.9 Å². The summed E-state index contributed by atoms with van der Waals surface area (Å²) in [5.74, 6) is -0.644. The summed E-state index contributed by atoms with van der Waals surface area (Å²) in [6.07, 6.45) is 5.58. The van der Waals surface area contributed by atoms with Gasteiger partial charge in [0, 0.05) is 12.2 Å². The van der Waals surface area contributed by atoms with Gasteiger partial charge in [0.15, 0.2) is 0 Å². The Morgan fingerprint density at radius 1 is 0.857 bits per heavy atom. The molecule has 7 nitrogen and oxygen atoms in total. The molecule has 3 aromatic carbocycles. The molecule has 0 fully saturated rings. The minimum Gasteiger partial charge on any atom is -0.444 e. The number of aryl methyl sites for hydroxylation is 1. The van der Waals surface area contributed by atoms with Crippen LogP contribution in [0, 0.1) is 6.92 Å². The fraction of sp³-hybridized carbons (Fsp3) is 0.457. The molecule has 3 amide bonds. The van der Waals surface area contributed by atoms with Crippen LogP contribution in [0.3, 0.4) is 0 Å². The van der Waals surface area contributed by atoms with Gasteiger partial charge in [-0.3, -0.25) is 9.59 Å². The Morgan fingerprint density at radius 3 is 2.24 bits per heavy atom. The highest BCUT2D eigenvalue weighted by molar-refractivity contribution is 6.00. The molecule has 0 radical (unpaired) electrons. The molecule has 0 aliphatic heterocycles. The fourth-order valence-electron chi connectivity index (χ4n) is 5.01. The van der Waals surface area contributed by atoms with Gasteiger partial charge >= 0.3 is 6.09 Å². The van der Waals surface area contributed by atoms with Crippen LogP contribution >= 0.6 is 0 Å². The van der Waals surface area contributed by atoms with Crippen molar-refractivity contribution in [1.29, 1.82) is 0 Å². The molecule has 2 unspecified atom stereocenters. The van der Waals surface area contributed by atoms with Gasteiger partial charge in [-0.15, -0.1) is 0 Å². The first-order valence-electron chi connectivity index (χ1n) is 15.1. The van der Waals surface area contributed by atoms with Gasteiger partial charge in [-0.05, 0) is 69.5 Å². The maximum absolute atomic E-state index is 14.1. The van der Waals surface area contributed by atoms with Gasteiger partial charge in [0.2, 0.25) is 5.91 Å². The van der Waals surface area contributed by atoms with E-state index in [9.17, 15) is 14.4 Å². The molecule has 3 aromatic rings. The third-order valence-electron chi connectivity index (χ3n) is 7.07. The van der Waals surface area contributed by atoms with Crippen LogP contribution < -0.4 is 10.6 Å². The molecule has 0 saturated carbocycles. The molecule has 0 saturated heterocycles. The van der Waals surface area contributed by atoms with E-state index >= 15 is 0 Å². The van der Waals surface area contributed by atoms with E-state index in [1.54, 1.807) is 32.6 Å². The van der Waals surface area contributed by atoms with Gasteiger partial charge in [-0.1, -0.05) is 99.2 Å². The molecule has 0 aromatic heterocycles.